The number of hydrogen-bond acceptors (Lipinski definition) is 5. The Hall–Kier alpha value is -2.37. The summed E-state index contributed by atoms with van der Waals surface area (Å²) in [5.74, 6) is 0.800. The van der Waals surface area contributed by atoms with E-state index >= 15 is 0 Å². The lowest BCUT2D eigenvalue weighted by molar-refractivity contribution is -0.400. The van der Waals surface area contributed by atoms with Crippen LogP contribution in [0.5, 0.6) is 11.5 Å². The van der Waals surface area contributed by atoms with Gasteiger partial charge in [-0.2, -0.15) is 0 Å². The number of methoxy groups -OCH3 is 2. The van der Waals surface area contributed by atoms with Gasteiger partial charge in [0.1, 0.15) is 0 Å². The molecule has 6 heteroatoms. The van der Waals surface area contributed by atoms with E-state index in [0.29, 0.717) is 28.9 Å². The van der Waals surface area contributed by atoms with Gasteiger partial charge in [-0.3, -0.25) is 14.9 Å². The van der Waals surface area contributed by atoms with E-state index < -0.39 is 4.92 Å². The molecule has 0 saturated carbocycles. The third-order valence-corrected chi connectivity index (χ3v) is 2.09. The predicted octanol–water partition coefficient (Wildman–Crippen LogP) is 1.76. The van der Waals surface area contributed by atoms with Crippen LogP contribution in [-0.4, -0.2) is 25.4 Å². The summed E-state index contributed by atoms with van der Waals surface area (Å²) in [6.45, 7) is 0. The van der Waals surface area contributed by atoms with Crippen LogP contribution in [0.2, 0.25) is 0 Å². The van der Waals surface area contributed by atoms with Crippen molar-refractivity contribution in [3.8, 4) is 11.5 Å². The highest BCUT2D eigenvalue weighted by Gasteiger charge is 2.09. The fourth-order valence-electron chi connectivity index (χ4n) is 1.30. The lowest BCUT2D eigenvalue weighted by Crippen LogP contribution is -1.95. The number of rotatable bonds is 5. The Morgan fingerprint density at radius 3 is 2.12 bits per heavy atom. The van der Waals surface area contributed by atoms with Crippen molar-refractivity contribution < 1.29 is 19.2 Å². The summed E-state index contributed by atoms with van der Waals surface area (Å²) >= 11 is 0. The molecule has 0 radical (unpaired) electrons. The van der Waals surface area contributed by atoms with Crippen LogP contribution >= 0.6 is 0 Å². The zero-order valence-corrected chi connectivity index (χ0v) is 9.38. The highest BCUT2D eigenvalue weighted by molar-refractivity contribution is 5.83. The molecule has 0 bridgehead atoms. The second kappa shape index (κ2) is 5.64. The highest BCUT2D eigenvalue weighted by Crippen LogP contribution is 2.30. The van der Waals surface area contributed by atoms with Crippen molar-refractivity contribution in [3.63, 3.8) is 0 Å². The van der Waals surface area contributed by atoms with Crippen LogP contribution in [0.15, 0.2) is 18.3 Å². The Balaban J connectivity index is 3.28. The number of nitrogens with zero attached hydrogens (tertiary/aromatic N) is 1. The van der Waals surface area contributed by atoms with Gasteiger partial charge in [0.2, 0.25) is 6.20 Å². The van der Waals surface area contributed by atoms with Crippen molar-refractivity contribution in [1.29, 1.82) is 0 Å². The van der Waals surface area contributed by atoms with Gasteiger partial charge in [-0.25, -0.2) is 0 Å². The van der Waals surface area contributed by atoms with Crippen LogP contribution in [0.4, 0.5) is 0 Å². The minimum atomic E-state index is -0.606. The van der Waals surface area contributed by atoms with Gasteiger partial charge < -0.3 is 9.47 Å². The summed E-state index contributed by atoms with van der Waals surface area (Å²) in [7, 11) is 2.89. The van der Waals surface area contributed by atoms with E-state index in [-0.39, 0.29) is 0 Å². The van der Waals surface area contributed by atoms with E-state index in [1.807, 2.05) is 0 Å². The number of carbonyl (C=O) groups excluding carboxylic acids is 1. The molecular formula is C11H11NO5. The number of benzene rings is 1. The molecule has 0 amide bonds. The first-order chi connectivity index (χ1) is 8.12. The zero-order chi connectivity index (χ0) is 12.8. The molecule has 1 aromatic carbocycles. The topological polar surface area (TPSA) is 78.7 Å². The van der Waals surface area contributed by atoms with Gasteiger partial charge in [0.15, 0.2) is 17.8 Å². The van der Waals surface area contributed by atoms with Gasteiger partial charge >= 0.3 is 0 Å². The lowest BCUT2D eigenvalue weighted by Gasteiger charge is -2.09. The number of ether oxygens (including phenoxy) is 2. The van der Waals surface area contributed by atoms with Gasteiger partial charge in [-0.15, -0.1) is 0 Å². The molecule has 0 saturated heterocycles. The van der Waals surface area contributed by atoms with Crippen molar-refractivity contribution in [1.82, 2.24) is 0 Å². The predicted molar refractivity (Wildman–Crippen MR) is 61.0 cm³/mol. The maximum Gasteiger partial charge on any atom is 0.235 e. The van der Waals surface area contributed by atoms with E-state index in [1.54, 1.807) is 0 Å². The summed E-state index contributed by atoms with van der Waals surface area (Å²) < 4.78 is 10.1. The van der Waals surface area contributed by atoms with E-state index in [1.165, 1.54) is 32.4 Å². The minimum Gasteiger partial charge on any atom is -0.493 e. The molecule has 0 heterocycles. The van der Waals surface area contributed by atoms with Crippen LogP contribution in [-0.2, 0) is 0 Å². The Bertz CT molecular complexity index is 467. The number of nitro groups is 1. The van der Waals surface area contributed by atoms with Crippen molar-refractivity contribution in [3.05, 3.63) is 39.6 Å². The largest absolute Gasteiger partial charge is 0.493 e. The first kappa shape index (κ1) is 12.7. The molecule has 0 aliphatic heterocycles. The zero-order valence-electron chi connectivity index (χ0n) is 9.38. The van der Waals surface area contributed by atoms with Crippen molar-refractivity contribution in [2.75, 3.05) is 14.2 Å². The molecule has 90 valence electrons. The minimum absolute atomic E-state index is 0.292. The molecule has 0 aromatic heterocycles. The van der Waals surface area contributed by atoms with Crippen molar-refractivity contribution >= 4 is 12.4 Å². The average molecular weight is 237 g/mol. The van der Waals surface area contributed by atoms with Crippen LogP contribution in [0.25, 0.3) is 6.08 Å². The first-order valence-corrected chi connectivity index (χ1v) is 4.65. The van der Waals surface area contributed by atoms with Crippen molar-refractivity contribution in [2.24, 2.45) is 0 Å². The highest BCUT2D eigenvalue weighted by atomic mass is 16.6. The maximum atomic E-state index is 10.8. The summed E-state index contributed by atoms with van der Waals surface area (Å²) in [6.07, 6.45) is 2.58. The average Bonchev–Trinajstić information content (AvgIpc) is 2.34. The Labute approximate surface area is 97.6 Å². The molecule has 1 rings (SSSR count). The second-order valence-corrected chi connectivity index (χ2v) is 3.06. The van der Waals surface area contributed by atoms with E-state index in [9.17, 15) is 14.9 Å². The van der Waals surface area contributed by atoms with Gasteiger partial charge in [0, 0.05) is 11.6 Å². The lowest BCUT2D eigenvalue weighted by atomic mass is 10.1. The molecule has 0 aliphatic rings. The molecule has 0 atom stereocenters. The molecular weight excluding hydrogens is 226 g/mol. The van der Waals surface area contributed by atoms with Gasteiger partial charge in [-0.05, 0) is 17.7 Å². The van der Waals surface area contributed by atoms with Crippen LogP contribution in [0.1, 0.15) is 15.9 Å². The summed E-state index contributed by atoms with van der Waals surface area (Å²) in [5, 5.41) is 10.2. The third-order valence-electron chi connectivity index (χ3n) is 2.09. The van der Waals surface area contributed by atoms with Gasteiger partial charge in [-0.1, -0.05) is 0 Å². The van der Waals surface area contributed by atoms with Crippen LogP contribution in [0.3, 0.4) is 0 Å². The molecule has 0 aliphatic carbocycles. The van der Waals surface area contributed by atoms with Gasteiger partial charge in [0.05, 0.1) is 19.1 Å². The third kappa shape index (κ3) is 3.04. The van der Waals surface area contributed by atoms with E-state index in [0.717, 1.165) is 6.20 Å². The second-order valence-electron chi connectivity index (χ2n) is 3.06. The Morgan fingerprint density at radius 1 is 1.18 bits per heavy atom. The van der Waals surface area contributed by atoms with E-state index in [4.69, 9.17) is 9.47 Å². The molecule has 17 heavy (non-hydrogen) atoms. The Kier molecular flexibility index (Phi) is 4.21. The molecule has 0 fully saturated rings. The smallest absolute Gasteiger partial charge is 0.235 e. The first-order valence-electron chi connectivity index (χ1n) is 4.65. The summed E-state index contributed by atoms with van der Waals surface area (Å²) in [4.78, 5) is 20.5. The SMILES string of the molecule is COc1cc(C=O)c(/C=C/[N+](=O)[O-])cc1OC. The van der Waals surface area contributed by atoms with Crippen molar-refractivity contribution in [2.45, 2.75) is 0 Å². The maximum absolute atomic E-state index is 10.8. The summed E-state index contributed by atoms with van der Waals surface area (Å²) in [5.41, 5.74) is 0.690. The Morgan fingerprint density at radius 2 is 1.71 bits per heavy atom. The molecule has 1 aromatic rings. The fourth-order valence-corrected chi connectivity index (χ4v) is 1.30. The normalized spacial score (nSPS) is 10.2. The van der Waals surface area contributed by atoms with Crippen LogP contribution in [0, 0.1) is 10.1 Å². The monoisotopic (exact) mass is 237 g/mol. The standard InChI is InChI=1S/C11H11NO5/c1-16-10-5-8(3-4-12(14)15)9(7-13)6-11(10)17-2/h3-7H,1-2H3/b4-3+. The molecule has 0 spiro atoms. The number of hydrogen-bond donors (Lipinski definition) is 0. The molecule has 0 unspecified atom stereocenters. The quantitative estimate of drug-likeness (QED) is 0.443. The molecule has 6 nitrogen and oxygen atoms in total. The summed E-state index contributed by atoms with van der Waals surface area (Å²) in [6, 6.07) is 2.97. The fraction of sp³-hybridized carbons (Fsp3) is 0.182. The number of aldehydes is 1. The van der Waals surface area contributed by atoms with E-state index in [2.05, 4.69) is 0 Å². The van der Waals surface area contributed by atoms with Crippen LogP contribution < -0.4 is 9.47 Å². The molecule has 0 N–H and O–H groups in total. The number of carbonyl (C=O) groups is 1. The van der Waals surface area contributed by atoms with Gasteiger partial charge in [0.25, 0.3) is 0 Å².